The SMILES string of the molecule is NCC(F)(F)CNS(=O)(=O)c1cccc(F)c1. The molecule has 3 N–H and O–H groups in total. The molecule has 0 amide bonds. The van der Waals surface area contributed by atoms with Crippen molar-refractivity contribution in [2.45, 2.75) is 10.8 Å². The molecule has 0 aliphatic carbocycles. The highest BCUT2D eigenvalue weighted by Gasteiger charge is 2.29. The summed E-state index contributed by atoms with van der Waals surface area (Å²) < 4.78 is 62.9. The van der Waals surface area contributed by atoms with Crippen LogP contribution < -0.4 is 10.5 Å². The predicted molar refractivity (Wildman–Crippen MR) is 55.6 cm³/mol. The van der Waals surface area contributed by atoms with E-state index < -0.39 is 39.7 Å². The van der Waals surface area contributed by atoms with E-state index in [4.69, 9.17) is 5.73 Å². The standard InChI is InChI=1S/C9H11F3N2O2S/c10-7-2-1-3-8(4-7)17(15,16)14-6-9(11,12)5-13/h1-4,14H,5-6,13H2. The van der Waals surface area contributed by atoms with E-state index in [1.54, 1.807) is 4.72 Å². The Labute approximate surface area is 96.7 Å². The largest absolute Gasteiger partial charge is 0.325 e. The molecule has 0 aliphatic heterocycles. The van der Waals surface area contributed by atoms with Crippen LogP contribution in [0.15, 0.2) is 29.2 Å². The fourth-order valence-electron chi connectivity index (χ4n) is 0.990. The molecule has 8 heteroatoms. The first kappa shape index (κ1) is 13.9. The van der Waals surface area contributed by atoms with Crippen molar-refractivity contribution in [3.8, 4) is 0 Å². The minimum absolute atomic E-state index is 0.412. The van der Waals surface area contributed by atoms with Gasteiger partial charge in [-0.2, -0.15) is 0 Å². The molecule has 4 nitrogen and oxygen atoms in total. The van der Waals surface area contributed by atoms with Crippen LogP contribution >= 0.6 is 0 Å². The van der Waals surface area contributed by atoms with Gasteiger partial charge in [0, 0.05) is 0 Å². The van der Waals surface area contributed by atoms with E-state index in [1.165, 1.54) is 6.07 Å². The van der Waals surface area contributed by atoms with Crippen LogP contribution in [0.2, 0.25) is 0 Å². The van der Waals surface area contributed by atoms with Crippen LogP contribution in [0.25, 0.3) is 0 Å². The summed E-state index contributed by atoms with van der Waals surface area (Å²) >= 11 is 0. The Hall–Kier alpha value is -1.12. The maximum Gasteiger partial charge on any atom is 0.273 e. The number of hydrogen-bond donors (Lipinski definition) is 2. The topological polar surface area (TPSA) is 72.2 Å². The zero-order valence-electron chi connectivity index (χ0n) is 8.66. The molecule has 1 aromatic carbocycles. The van der Waals surface area contributed by atoms with Gasteiger partial charge in [0.05, 0.1) is 18.0 Å². The quantitative estimate of drug-likeness (QED) is 0.825. The zero-order chi connectivity index (χ0) is 13.1. The minimum Gasteiger partial charge on any atom is -0.325 e. The number of alkyl halides is 2. The molecule has 0 aromatic heterocycles. The second-order valence-corrected chi connectivity index (χ2v) is 5.11. The molecule has 1 rings (SSSR count). The number of rotatable bonds is 5. The van der Waals surface area contributed by atoms with E-state index in [2.05, 4.69) is 0 Å². The highest BCUT2D eigenvalue weighted by molar-refractivity contribution is 7.89. The molecule has 17 heavy (non-hydrogen) atoms. The summed E-state index contributed by atoms with van der Waals surface area (Å²) in [6.07, 6.45) is 0. The molecular weight excluding hydrogens is 257 g/mol. The van der Waals surface area contributed by atoms with Crippen LogP contribution in [0.3, 0.4) is 0 Å². The van der Waals surface area contributed by atoms with Crippen molar-refractivity contribution in [2.75, 3.05) is 13.1 Å². The molecule has 0 fully saturated rings. The van der Waals surface area contributed by atoms with Gasteiger partial charge in [0.2, 0.25) is 10.0 Å². The number of halogens is 3. The Morgan fingerprint density at radius 2 is 2.00 bits per heavy atom. The number of hydrogen-bond acceptors (Lipinski definition) is 3. The molecule has 1 aromatic rings. The van der Waals surface area contributed by atoms with Crippen molar-refractivity contribution in [1.29, 1.82) is 0 Å². The van der Waals surface area contributed by atoms with E-state index in [0.29, 0.717) is 0 Å². The maximum absolute atomic E-state index is 12.8. The monoisotopic (exact) mass is 268 g/mol. The van der Waals surface area contributed by atoms with Crippen molar-refractivity contribution in [3.63, 3.8) is 0 Å². The third-order valence-corrected chi connectivity index (χ3v) is 3.32. The Balaban J connectivity index is 2.83. The van der Waals surface area contributed by atoms with Crippen LogP contribution in [0.4, 0.5) is 13.2 Å². The lowest BCUT2D eigenvalue weighted by Gasteiger charge is -2.14. The third-order valence-electron chi connectivity index (χ3n) is 1.93. The lowest BCUT2D eigenvalue weighted by Crippen LogP contribution is -2.41. The van der Waals surface area contributed by atoms with Gasteiger partial charge in [-0.1, -0.05) is 6.07 Å². The Bertz CT molecular complexity index is 491. The van der Waals surface area contributed by atoms with Crippen molar-refractivity contribution in [2.24, 2.45) is 5.73 Å². The van der Waals surface area contributed by atoms with Gasteiger partial charge in [-0.25, -0.2) is 26.3 Å². The fraction of sp³-hybridized carbons (Fsp3) is 0.333. The molecule has 0 saturated carbocycles. The van der Waals surface area contributed by atoms with E-state index in [0.717, 1.165) is 18.2 Å². The summed E-state index contributed by atoms with van der Waals surface area (Å²) in [6.45, 7) is -2.10. The van der Waals surface area contributed by atoms with E-state index in [9.17, 15) is 21.6 Å². The van der Waals surface area contributed by atoms with E-state index in [-0.39, 0.29) is 0 Å². The van der Waals surface area contributed by atoms with Gasteiger partial charge in [0.1, 0.15) is 5.82 Å². The molecule has 0 bridgehead atoms. The molecule has 0 unspecified atom stereocenters. The number of sulfonamides is 1. The number of nitrogens with one attached hydrogen (secondary N) is 1. The van der Waals surface area contributed by atoms with Gasteiger partial charge in [-0.3, -0.25) is 0 Å². The molecule has 0 heterocycles. The zero-order valence-corrected chi connectivity index (χ0v) is 9.48. The predicted octanol–water partition coefficient (Wildman–Crippen LogP) is 0.698. The van der Waals surface area contributed by atoms with Crippen LogP contribution in [-0.2, 0) is 10.0 Å². The second kappa shape index (κ2) is 5.03. The van der Waals surface area contributed by atoms with Crippen LogP contribution in [0.5, 0.6) is 0 Å². The lowest BCUT2D eigenvalue weighted by molar-refractivity contribution is 0.0170. The molecule has 0 saturated heterocycles. The van der Waals surface area contributed by atoms with Gasteiger partial charge in [-0.05, 0) is 18.2 Å². The van der Waals surface area contributed by atoms with Crippen LogP contribution in [0, 0.1) is 5.82 Å². The molecule has 0 aliphatic rings. The summed E-state index contributed by atoms with van der Waals surface area (Å²) in [4.78, 5) is -0.412. The molecule has 0 spiro atoms. The van der Waals surface area contributed by atoms with Crippen molar-refractivity contribution < 1.29 is 21.6 Å². The van der Waals surface area contributed by atoms with Gasteiger partial charge >= 0.3 is 0 Å². The highest BCUT2D eigenvalue weighted by atomic mass is 32.2. The summed E-state index contributed by atoms with van der Waals surface area (Å²) in [7, 11) is -4.15. The van der Waals surface area contributed by atoms with Gasteiger partial charge < -0.3 is 5.73 Å². The summed E-state index contributed by atoms with van der Waals surface area (Å²) in [5.74, 6) is -4.10. The number of nitrogens with two attached hydrogens (primary N) is 1. The average molecular weight is 268 g/mol. The Kier molecular flexibility index (Phi) is 4.12. The van der Waals surface area contributed by atoms with E-state index in [1.807, 2.05) is 0 Å². The van der Waals surface area contributed by atoms with Crippen molar-refractivity contribution in [3.05, 3.63) is 30.1 Å². The van der Waals surface area contributed by atoms with Crippen molar-refractivity contribution >= 4 is 10.0 Å². The fourth-order valence-corrected chi connectivity index (χ4v) is 2.08. The third kappa shape index (κ3) is 3.99. The maximum atomic E-state index is 12.8. The second-order valence-electron chi connectivity index (χ2n) is 3.34. The first-order chi connectivity index (χ1) is 7.77. The van der Waals surface area contributed by atoms with Crippen LogP contribution in [0.1, 0.15) is 0 Å². The summed E-state index contributed by atoms with van der Waals surface area (Å²) in [6, 6.07) is 4.06. The highest BCUT2D eigenvalue weighted by Crippen LogP contribution is 2.13. The molecule has 0 atom stereocenters. The smallest absolute Gasteiger partial charge is 0.273 e. The molecular formula is C9H11F3N2O2S. The number of benzene rings is 1. The van der Waals surface area contributed by atoms with Gasteiger partial charge in [0.25, 0.3) is 5.92 Å². The van der Waals surface area contributed by atoms with Crippen LogP contribution in [-0.4, -0.2) is 27.4 Å². The lowest BCUT2D eigenvalue weighted by atomic mass is 10.3. The van der Waals surface area contributed by atoms with E-state index >= 15 is 0 Å². The summed E-state index contributed by atoms with van der Waals surface area (Å²) in [5.41, 5.74) is 4.75. The van der Waals surface area contributed by atoms with Gasteiger partial charge in [-0.15, -0.1) is 0 Å². The molecule has 96 valence electrons. The first-order valence-corrected chi connectivity index (χ1v) is 6.08. The van der Waals surface area contributed by atoms with Gasteiger partial charge in [0.15, 0.2) is 0 Å². The first-order valence-electron chi connectivity index (χ1n) is 4.60. The minimum atomic E-state index is -4.15. The Morgan fingerprint density at radius 3 is 2.53 bits per heavy atom. The Morgan fingerprint density at radius 1 is 1.35 bits per heavy atom. The molecule has 0 radical (unpaired) electrons. The summed E-state index contributed by atoms with van der Waals surface area (Å²) in [5, 5.41) is 0. The average Bonchev–Trinajstić information content (AvgIpc) is 2.27. The normalized spacial score (nSPS) is 12.7. The van der Waals surface area contributed by atoms with Crippen molar-refractivity contribution in [1.82, 2.24) is 4.72 Å².